The number of aromatic nitrogens is 2. The summed E-state index contributed by atoms with van der Waals surface area (Å²) >= 11 is 0. The zero-order valence-corrected chi connectivity index (χ0v) is 10.7. The van der Waals surface area contributed by atoms with Crippen molar-refractivity contribution in [3.8, 4) is 0 Å². The van der Waals surface area contributed by atoms with E-state index in [1.165, 1.54) is 24.4 Å². The van der Waals surface area contributed by atoms with Gasteiger partial charge in [0.2, 0.25) is 0 Å². The van der Waals surface area contributed by atoms with Crippen molar-refractivity contribution in [3.63, 3.8) is 0 Å². The van der Waals surface area contributed by atoms with Gasteiger partial charge in [0.15, 0.2) is 9.84 Å². The van der Waals surface area contributed by atoms with E-state index >= 15 is 0 Å². The SMILES string of the molecule is CCn1ccnc1CS(=O)(=O)c1ccccc1F. The lowest BCUT2D eigenvalue weighted by atomic mass is 10.3. The van der Waals surface area contributed by atoms with Gasteiger partial charge in [-0.05, 0) is 19.1 Å². The van der Waals surface area contributed by atoms with E-state index in [0.29, 0.717) is 12.4 Å². The van der Waals surface area contributed by atoms with E-state index in [1.54, 1.807) is 10.8 Å². The van der Waals surface area contributed by atoms with Gasteiger partial charge in [-0.15, -0.1) is 0 Å². The molecule has 1 heterocycles. The predicted octanol–water partition coefficient (Wildman–Crippen LogP) is 2.02. The summed E-state index contributed by atoms with van der Waals surface area (Å²) in [5.74, 6) is -0.609. The maximum absolute atomic E-state index is 13.5. The Bertz CT molecular complexity index is 650. The van der Waals surface area contributed by atoms with Crippen molar-refractivity contribution in [1.82, 2.24) is 9.55 Å². The Balaban J connectivity index is 2.37. The summed E-state index contributed by atoms with van der Waals surface area (Å²) in [5, 5.41) is 0. The van der Waals surface area contributed by atoms with Crippen molar-refractivity contribution in [2.24, 2.45) is 0 Å². The zero-order valence-electron chi connectivity index (χ0n) is 9.88. The molecule has 2 rings (SSSR count). The predicted molar refractivity (Wildman–Crippen MR) is 65.2 cm³/mol. The molecule has 0 atom stereocenters. The fraction of sp³-hybridized carbons (Fsp3) is 0.250. The average Bonchev–Trinajstić information content (AvgIpc) is 2.76. The van der Waals surface area contributed by atoms with E-state index in [0.717, 1.165) is 6.07 Å². The fourth-order valence-corrected chi connectivity index (χ4v) is 3.10. The molecule has 0 saturated heterocycles. The maximum atomic E-state index is 13.5. The Morgan fingerprint density at radius 2 is 2.06 bits per heavy atom. The number of rotatable bonds is 4. The molecule has 0 aliphatic heterocycles. The first kappa shape index (κ1) is 12.8. The average molecular weight is 268 g/mol. The third-order valence-electron chi connectivity index (χ3n) is 2.63. The number of aryl methyl sites for hydroxylation is 1. The number of nitrogens with zero attached hydrogens (tertiary/aromatic N) is 2. The molecule has 0 aliphatic rings. The molecule has 0 spiro atoms. The van der Waals surface area contributed by atoms with Gasteiger partial charge in [-0.2, -0.15) is 0 Å². The normalized spacial score (nSPS) is 11.7. The van der Waals surface area contributed by atoms with Crippen LogP contribution in [0.2, 0.25) is 0 Å². The van der Waals surface area contributed by atoms with Crippen LogP contribution in [0.25, 0.3) is 0 Å². The molecule has 0 bridgehead atoms. The van der Waals surface area contributed by atoms with Gasteiger partial charge in [0.05, 0.1) is 0 Å². The van der Waals surface area contributed by atoms with E-state index in [4.69, 9.17) is 0 Å². The van der Waals surface area contributed by atoms with Gasteiger partial charge in [0.25, 0.3) is 0 Å². The van der Waals surface area contributed by atoms with Gasteiger partial charge >= 0.3 is 0 Å². The minimum atomic E-state index is -3.70. The Morgan fingerprint density at radius 1 is 1.33 bits per heavy atom. The zero-order chi connectivity index (χ0) is 13.2. The van der Waals surface area contributed by atoms with Crippen LogP contribution in [-0.2, 0) is 22.1 Å². The van der Waals surface area contributed by atoms with Crippen LogP contribution in [0.5, 0.6) is 0 Å². The first-order valence-electron chi connectivity index (χ1n) is 5.52. The third kappa shape index (κ3) is 2.43. The highest BCUT2D eigenvalue weighted by molar-refractivity contribution is 7.90. The highest BCUT2D eigenvalue weighted by atomic mass is 32.2. The van der Waals surface area contributed by atoms with Gasteiger partial charge in [-0.3, -0.25) is 0 Å². The van der Waals surface area contributed by atoms with Crippen molar-refractivity contribution < 1.29 is 12.8 Å². The van der Waals surface area contributed by atoms with E-state index in [1.807, 2.05) is 6.92 Å². The van der Waals surface area contributed by atoms with Crippen molar-refractivity contribution in [1.29, 1.82) is 0 Å². The van der Waals surface area contributed by atoms with Crippen LogP contribution in [0.1, 0.15) is 12.7 Å². The second-order valence-corrected chi connectivity index (χ2v) is 5.78. The van der Waals surface area contributed by atoms with Gasteiger partial charge in [-0.1, -0.05) is 12.1 Å². The van der Waals surface area contributed by atoms with Crippen molar-refractivity contribution >= 4 is 9.84 Å². The number of halogens is 1. The number of imidazole rings is 1. The number of sulfone groups is 1. The maximum Gasteiger partial charge on any atom is 0.188 e. The van der Waals surface area contributed by atoms with Gasteiger partial charge in [0, 0.05) is 18.9 Å². The molecule has 0 N–H and O–H groups in total. The topological polar surface area (TPSA) is 52.0 Å². The molecule has 6 heteroatoms. The third-order valence-corrected chi connectivity index (χ3v) is 4.27. The highest BCUT2D eigenvalue weighted by Crippen LogP contribution is 2.18. The van der Waals surface area contributed by atoms with Crippen LogP contribution in [0, 0.1) is 5.82 Å². The van der Waals surface area contributed by atoms with Crippen LogP contribution in [0.15, 0.2) is 41.6 Å². The summed E-state index contributed by atoms with van der Waals surface area (Å²) in [6, 6.07) is 5.37. The highest BCUT2D eigenvalue weighted by Gasteiger charge is 2.21. The van der Waals surface area contributed by atoms with E-state index < -0.39 is 15.7 Å². The first-order chi connectivity index (χ1) is 8.54. The van der Waals surface area contributed by atoms with Gasteiger partial charge < -0.3 is 4.57 Å². The van der Waals surface area contributed by atoms with Crippen molar-refractivity contribution in [2.75, 3.05) is 0 Å². The lowest BCUT2D eigenvalue weighted by molar-refractivity contribution is 0.564. The summed E-state index contributed by atoms with van der Waals surface area (Å²) in [7, 11) is -3.70. The van der Waals surface area contributed by atoms with Crippen LogP contribution in [0.3, 0.4) is 0 Å². The van der Waals surface area contributed by atoms with Crippen LogP contribution in [-0.4, -0.2) is 18.0 Å². The smallest absolute Gasteiger partial charge is 0.188 e. The molecule has 0 amide bonds. The largest absolute Gasteiger partial charge is 0.334 e. The van der Waals surface area contributed by atoms with E-state index in [9.17, 15) is 12.8 Å². The lowest BCUT2D eigenvalue weighted by Gasteiger charge is -2.07. The van der Waals surface area contributed by atoms with Crippen molar-refractivity contribution in [2.45, 2.75) is 24.1 Å². The molecule has 1 aromatic heterocycles. The number of hydrogen-bond donors (Lipinski definition) is 0. The molecule has 0 unspecified atom stereocenters. The van der Waals surface area contributed by atoms with Crippen LogP contribution in [0.4, 0.5) is 4.39 Å². The summed E-state index contributed by atoms with van der Waals surface area (Å²) in [6.07, 6.45) is 3.24. The second kappa shape index (κ2) is 4.89. The van der Waals surface area contributed by atoms with Gasteiger partial charge in [-0.25, -0.2) is 17.8 Å². The molecule has 18 heavy (non-hydrogen) atoms. The summed E-state index contributed by atoms with van der Waals surface area (Å²) < 4.78 is 39.4. The summed E-state index contributed by atoms with van der Waals surface area (Å²) in [6.45, 7) is 2.52. The number of hydrogen-bond acceptors (Lipinski definition) is 3. The Morgan fingerprint density at radius 3 is 2.72 bits per heavy atom. The quantitative estimate of drug-likeness (QED) is 0.852. The van der Waals surface area contributed by atoms with Crippen LogP contribution < -0.4 is 0 Å². The monoisotopic (exact) mass is 268 g/mol. The van der Waals surface area contributed by atoms with E-state index in [2.05, 4.69) is 4.98 Å². The second-order valence-electron chi connectivity index (χ2n) is 3.82. The molecule has 2 aromatic rings. The first-order valence-corrected chi connectivity index (χ1v) is 7.17. The summed E-state index contributed by atoms with van der Waals surface area (Å²) in [4.78, 5) is 3.71. The molecule has 0 aliphatic carbocycles. The molecule has 0 fully saturated rings. The van der Waals surface area contributed by atoms with Gasteiger partial charge in [0.1, 0.15) is 22.3 Å². The fourth-order valence-electron chi connectivity index (χ4n) is 1.71. The van der Waals surface area contributed by atoms with Crippen LogP contribution >= 0.6 is 0 Å². The molecule has 4 nitrogen and oxygen atoms in total. The van der Waals surface area contributed by atoms with E-state index in [-0.39, 0.29) is 10.6 Å². The minimum absolute atomic E-state index is 0.282. The minimum Gasteiger partial charge on any atom is -0.334 e. The molecule has 0 saturated carbocycles. The Labute approximate surface area is 105 Å². The Kier molecular flexibility index (Phi) is 3.47. The lowest BCUT2D eigenvalue weighted by Crippen LogP contribution is -2.11. The summed E-state index contributed by atoms with van der Waals surface area (Å²) in [5.41, 5.74) is 0. The van der Waals surface area contributed by atoms with Crippen molar-refractivity contribution in [3.05, 3.63) is 48.3 Å². The standard InChI is InChI=1S/C12H13FN2O2S/c1-2-15-8-7-14-12(15)9-18(16,17)11-6-4-3-5-10(11)13/h3-8H,2,9H2,1H3. The molecule has 0 radical (unpaired) electrons. The molecule has 96 valence electrons. The molecule has 1 aromatic carbocycles. The number of benzene rings is 1. The molecular weight excluding hydrogens is 255 g/mol. The molecular formula is C12H13FN2O2S. The Hall–Kier alpha value is -1.69.